The van der Waals surface area contributed by atoms with Crippen molar-refractivity contribution >= 4 is 12.0 Å². The van der Waals surface area contributed by atoms with Crippen molar-refractivity contribution in [3.05, 3.63) is 42.0 Å². The van der Waals surface area contributed by atoms with Gasteiger partial charge in [0, 0.05) is 13.1 Å². The van der Waals surface area contributed by atoms with E-state index in [1.165, 1.54) is 5.56 Å². The Morgan fingerprint density at radius 1 is 1.41 bits per heavy atom. The van der Waals surface area contributed by atoms with Crippen molar-refractivity contribution in [2.75, 3.05) is 19.6 Å². The summed E-state index contributed by atoms with van der Waals surface area (Å²) in [6, 6.07) is 10.1. The molecule has 3 nitrogen and oxygen atoms in total. The molecule has 0 unspecified atom stereocenters. The SMILES string of the molecule is O=C(O)[C@H]1CCN(C/C=C/c2ccccc2)C1. The van der Waals surface area contributed by atoms with E-state index < -0.39 is 5.97 Å². The summed E-state index contributed by atoms with van der Waals surface area (Å²) in [7, 11) is 0. The highest BCUT2D eigenvalue weighted by atomic mass is 16.4. The second-order valence-electron chi connectivity index (χ2n) is 4.40. The maximum absolute atomic E-state index is 10.8. The van der Waals surface area contributed by atoms with Crippen LogP contribution in [-0.2, 0) is 4.79 Å². The van der Waals surface area contributed by atoms with Gasteiger partial charge in [-0.2, -0.15) is 0 Å². The second kappa shape index (κ2) is 5.64. The zero-order chi connectivity index (χ0) is 12.1. The first kappa shape index (κ1) is 11.9. The van der Waals surface area contributed by atoms with Gasteiger partial charge in [-0.05, 0) is 18.5 Å². The largest absolute Gasteiger partial charge is 0.481 e. The van der Waals surface area contributed by atoms with E-state index in [0.717, 1.165) is 19.5 Å². The molecule has 1 aliphatic rings. The number of hydrogen-bond donors (Lipinski definition) is 1. The maximum atomic E-state index is 10.8. The van der Waals surface area contributed by atoms with E-state index in [1.807, 2.05) is 18.2 Å². The minimum atomic E-state index is -0.667. The molecular formula is C14H17NO2. The summed E-state index contributed by atoms with van der Waals surface area (Å²) >= 11 is 0. The van der Waals surface area contributed by atoms with Crippen molar-refractivity contribution in [3.8, 4) is 0 Å². The van der Waals surface area contributed by atoms with Crippen LogP contribution in [0.2, 0.25) is 0 Å². The molecule has 0 radical (unpaired) electrons. The summed E-state index contributed by atoms with van der Waals surface area (Å²) in [5.41, 5.74) is 1.18. The summed E-state index contributed by atoms with van der Waals surface area (Å²) in [4.78, 5) is 13.0. The van der Waals surface area contributed by atoms with Crippen LogP contribution >= 0.6 is 0 Å². The van der Waals surface area contributed by atoms with Crippen LogP contribution in [0.15, 0.2) is 36.4 Å². The number of likely N-dealkylation sites (tertiary alicyclic amines) is 1. The van der Waals surface area contributed by atoms with E-state index in [0.29, 0.717) is 6.54 Å². The number of carboxylic acid groups (broad SMARTS) is 1. The lowest BCUT2D eigenvalue weighted by molar-refractivity contribution is -0.141. The summed E-state index contributed by atoms with van der Waals surface area (Å²) < 4.78 is 0. The molecule has 2 rings (SSSR count). The van der Waals surface area contributed by atoms with Crippen LogP contribution in [0.1, 0.15) is 12.0 Å². The zero-order valence-corrected chi connectivity index (χ0v) is 9.75. The fourth-order valence-electron chi connectivity index (χ4n) is 2.10. The number of carboxylic acids is 1. The Hall–Kier alpha value is -1.61. The summed E-state index contributed by atoms with van der Waals surface area (Å²) in [5.74, 6) is -0.848. The van der Waals surface area contributed by atoms with E-state index in [9.17, 15) is 4.79 Å². The first-order valence-corrected chi connectivity index (χ1v) is 5.92. The van der Waals surface area contributed by atoms with Crippen LogP contribution in [0.4, 0.5) is 0 Å². The van der Waals surface area contributed by atoms with Crippen LogP contribution in [0.5, 0.6) is 0 Å². The molecule has 0 bridgehead atoms. The molecule has 0 amide bonds. The zero-order valence-electron chi connectivity index (χ0n) is 9.75. The van der Waals surface area contributed by atoms with Crippen LogP contribution in [0.25, 0.3) is 6.08 Å². The third-order valence-electron chi connectivity index (χ3n) is 3.10. The molecule has 0 aliphatic carbocycles. The molecule has 1 N–H and O–H groups in total. The predicted molar refractivity (Wildman–Crippen MR) is 67.7 cm³/mol. The Morgan fingerprint density at radius 2 is 2.18 bits per heavy atom. The van der Waals surface area contributed by atoms with Gasteiger partial charge >= 0.3 is 5.97 Å². The van der Waals surface area contributed by atoms with Crippen LogP contribution in [0.3, 0.4) is 0 Å². The van der Waals surface area contributed by atoms with Crippen molar-refractivity contribution in [1.29, 1.82) is 0 Å². The first-order valence-electron chi connectivity index (χ1n) is 5.92. The third kappa shape index (κ3) is 3.43. The van der Waals surface area contributed by atoms with Crippen molar-refractivity contribution < 1.29 is 9.90 Å². The Labute approximate surface area is 101 Å². The highest BCUT2D eigenvalue weighted by Gasteiger charge is 2.26. The molecule has 1 aliphatic heterocycles. The van der Waals surface area contributed by atoms with Crippen molar-refractivity contribution in [3.63, 3.8) is 0 Å². The van der Waals surface area contributed by atoms with Gasteiger partial charge < -0.3 is 5.11 Å². The Kier molecular flexibility index (Phi) is 3.94. The molecule has 1 saturated heterocycles. The molecule has 17 heavy (non-hydrogen) atoms. The standard InChI is InChI=1S/C14H17NO2/c16-14(17)13-8-10-15(11-13)9-4-7-12-5-2-1-3-6-12/h1-7,13H,8-11H2,(H,16,17)/b7-4+/t13-/m0/s1. The van der Waals surface area contributed by atoms with Gasteiger partial charge in [-0.25, -0.2) is 0 Å². The number of hydrogen-bond acceptors (Lipinski definition) is 2. The van der Waals surface area contributed by atoms with E-state index in [2.05, 4.69) is 29.2 Å². The molecule has 0 saturated carbocycles. The average Bonchev–Trinajstić information content (AvgIpc) is 2.79. The Morgan fingerprint density at radius 3 is 2.82 bits per heavy atom. The first-order chi connectivity index (χ1) is 8.25. The summed E-state index contributed by atoms with van der Waals surface area (Å²) in [6.07, 6.45) is 4.95. The van der Waals surface area contributed by atoms with Crippen LogP contribution in [0, 0.1) is 5.92 Å². The van der Waals surface area contributed by atoms with Gasteiger partial charge in [0.25, 0.3) is 0 Å². The highest BCUT2D eigenvalue weighted by molar-refractivity contribution is 5.70. The van der Waals surface area contributed by atoms with E-state index in [1.54, 1.807) is 0 Å². The fourth-order valence-corrected chi connectivity index (χ4v) is 2.10. The van der Waals surface area contributed by atoms with Gasteiger partial charge in [0.15, 0.2) is 0 Å². The van der Waals surface area contributed by atoms with Crippen molar-refractivity contribution in [2.24, 2.45) is 5.92 Å². The molecule has 90 valence electrons. The quantitative estimate of drug-likeness (QED) is 0.862. The molecule has 0 aromatic heterocycles. The lowest BCUT2D eigenvalue weighted by Crippen LogP contribution is -2.23. The lowest BCUT2D eigenvalue weighted by Gasteiger charge is -2.11. The minimum absolute atomic E-state index is 0.180. The molecule has 3 heteroatoms. The van der Waals surface area contributed by atoms with Gasteiger partial charge in [-0.15, -0.1) is 0 Å². The van der Waals surface area contributed by atoms with Gasteiger partial charge in [0.05, 0.1) is 5.92 Å². The molecule has 1 heterocycles. The smallest absolute Gasteiger partial charge is 0.307 e. The number of rotatable bonds is 4. The van der Waals surface area contributed by atoms with Crippen LogP contribution < -0.4 is 0 Å². The third-order valence-corrected chi connectivity index (χ3v) is 3.10. The fraction of sp³-hybridized carbons (Fsp3) is 0.357. The van der Waals surface area contributed by atoms with Gasteiger partial charge in [-0.3, -0.25) is 9.69 Å². The summed E-state index contributed by atoms with van der Waals surface area (Å²) in [6.45, 7) is 2.39. The number of nitrogens with zero attached hydrogens (tertiary/aromatic N) is 1. The molecule has 0 spiro atoms. The predicted octanol–water partition coefficient (Wildman–Crippen LogP) is 2.11. The summed E-state index contributed by atoms with van der Waals surface area (Å²) in [5, 5.41) is 8.89. The van der Waals surface area contributed by atoms with Gasteiger partial charge in [-0.1, -0.05) is 42.5 Å². The van der Waals surface area contributed by atoms with Crippen molar-refractivity contribution in [1.82, 2.24) is 4.90 Å². The van der Waals surface area contributed by atoms with Gasteiger partial charge in [0.1, 0.15) is 0 Å². The topological polar surface area (TPSA) is 40.5 Å². The number of benzene rings is 1. The monoisotopic (exact) mass is 231 g/mol. The van der Waals surface area contributed by atoms with Crippen LogP contribution in [-0.4, -0.2) is 35.6 Å². The van der Waals surface area contributed by atoms with Crippen molar-refractivity contribution in [2.45, 2.75) is 6.42 Å². The lowest BCUT2D eigenvalue weighted by atomic mass is 10.1. The number of carbonyl (C=O) groups is 1. The maximum Gasteiger partial charge on any atom is 0.307 e. The van der Waals surface area contributed by atoms with E-state index >= 15 is 0 Å². The molecular weight excluding hydrogens is 214 g/mol. The molecule has 1 aromatic rings. The normalized spacial score (nSPS) is 21.1. The van der Waals surface area contributed by atoms with E-state index in [-0.39, 0.29) is 5.92 Å². The Balaban J connectivity index is 1.80. The Bertz CT molecular complexity index is 400. The molecule has 1 fully saturated rings. The molecule has 1 aromatic carbocycles. The molecule has 1 atom stereocenters. The van der Waals surface area contributed by atoms with E-state index in [4.69, 9.17) is 5.11 Å². The average molecular weight is 231 g/mol. The highest BCUT2D eigenvalue weighted by Crippen LogP contribution is 2.16. The minimum Gasteiger partial charge on any atom is -0.481 e. The second-order valence-corrected chi connectivity index (χ2v) is 4.40. The van der Waals surface area contributed by atoms with Gasteiger partial charge in [0.2, 0.25) is 0 Å². The number of aliphatic carboxylic acids is 1.